The molecule has 5 rings (SSSR count). The number of piperazine rings is 1. The first-order valence-corrected chi connectivity index (χ1v) is 14.4. The van der Waals surface area contributed by atoms with Crippen molar-refractivity contribution < 1.29 is 17.4 Å². The van der Waals surface area contributed by atoms with Crippen molar-refractivity contribution in [2.24, 2.45) is 0 Å². The molecule has 0 saturated carbocycles. The van der Waals surface area contributed by atoms with E-state index in [1.54, 1.807) is 41.4 Å². The van der Waals surface area contributed by atoms with E-state index in [4.69, 9.17) is 4.18 Å². The summed E-state index contributed by atoms with van der Waals surface area (Å²) < 4.78 is 32.9. The molecular weight excluding hydrogens is 534 g/mol. The van der Waals surface area contributed by atoms with Gasteiger partial charge >= 0.3 is 15.8 Å². The minimum Gasteiger partial charge on any atom is -0.379 e. The molecule has 0 aliphatic carbocycles. The molecule has 0 bridgehead atoms. The van der Waals surface area contributed by atoms with E-state index in [0.29, 0.717) is 54.8 Å². The standard InChI is InChI=1S/C28H29N5O6S/c1-2-4-27(35)32-15-13-31(14-16-32)26-17-25(34)30-28(36)33(26)19-20-7-9-22(10-8-20)39-40(37,38)24-6-3-5-21-18-29-12-11-23(21)24/h3,5-12,17-18H,2,4,13-16,19H2,1H3,(H,30,34,36). The van der Waals surface area contributed by atoms with Gasteiger partial charge in [-0.15, -0.1) is 0 Å². The lowest BCUT2D eigenvalue weighted by molar-refractivity contribution is -0.131. The quantitative estimate of drug-likeness (QED) is 0.323. The Bertz CT molecular complexity index is 1750. The Morgan fingerprint density at radius 3 is 2.50 bits per heavy atom. The van der Waals surface area contributed by atoms with E-state index in [1.807, 2.05) is 11.8 Å². The van der Waals surface area contributed by atoms with E-state index in [9.17, 15) is 22.8 Å². The number of anilines is 1. The minimum atomic E-state index is -4.12. The van der Waals surface area contributed by atoms with Gasteiger partial charge in [0.25, 0.3) is 5.56 Å². The van der Waals surface area contributed by atoms with Crippen molar-refractivity contribution in [2.75, 3.05) is 31.1 Å². The molecule has 0 spiro atoms. The Labute approximate surface area is 230 Å². The lowest BCUT2D eigenvalue weighted by Gasteiger charge is -2.36. The summed E-state index contributed by atoms with van der Waals surface area (Å²) in [4.78, 5) is 47.3. The third kappa shape index (κ3) is 5.76. The summed E-state index contributed by atoms with van der Waals surface area (Å²) in [5.74, 6) is 0.689. The molecule has 1 aliphatic heterocycles. The van der Waals surface area contributed by atoms with Crippen molar-refractivity contribution in [3.8, 4) is 5.75 Å². The number of aromatic amines is 1. The van der Waals surface area contributed by atoms with Crippen molar-refractivity contribution >= 4 is 32.6 Å². The third-order valence-electron chi connectivity index (χ3n) is 6.81. The van der Waals surface area contributed by atoms with Gasteiger partial charge in [-0.1, -0.05) is 31.2 Å². The van der Waals surface area contributed by atoms with E-state index < -0.39 is 21.4 Å². The first-order valence-electron chi connectivity index (χ1n) is 13.0. The number of pyridine rings is 1. The van der Waals surface area contributed by atoms with Crippen LogP contribution >= 0.6 is 0 Å². The molecule has 12 heteroatoms. The third-order valence-corrected chi connectivity index (χ3v) is 8.12. The molecule has 0 radical (unpaired) electrons. The average Bonchev–Trinajstić information content (AvgIpc) is 2.95. The van der Waals surface area contributed by atoms with Crippen molar-refractivity contribution in [3.05, 3.63) is 93.4 Å². The molecule has 1 fully saturated rings. The van der Waals surface area contributed by atoms with Crippen LogP contribution in [0.4, 0.5) is 5.82 Å². The maximum atomic E-state index is 13.0. The summed E-state index contributed by atoms with van der Waals surface area (Å²) in [6.07, 6.45) is 4.39. The van der Waals surface area contributed by atoms with Crippen LogP contribution in [0.15, 0.2) is 81.5 Å². The van der Waals surface area contributed by atoms with E-state index >= 15 is 0 Å². The number of rotatable bonds is 8. The zero-order valence-electron chi connectivity index (χ0n) is 21.9. The summed E-state index contributed by atoms with van der Waals surface area (Å²) in [7, 11) is -4.12. The molecular formula is C28H29N5O6S. The minimum absolute atomic E-state index is 0.0393. The fourth-order valence-electron chi connectivity index (χ4n) is 4.80. The molecule has 1 saturated heterocycles. The molecule has 11 nitrogen and oxygen atoms in total. The number of benzene rings is 2. The van der Waals surface area contributed by atoms with Gasteiger partial charge in [0, 0.05) is 61.8 Å². The van der Waals surface area contributed by atoms with Crippen LogP contribution in [0, 0.1) is 0 Å². The summed E-state index contributed by atoms with van der Waals surface area (Å²) in [5, 5.41) is 1.19. The highest BCUT2D eigenvalue weighted by molar-refractivity contribution is 7.87. The second kappa shape index (κ2) is 11.3. The number of hydrogen-bond donors (Lipinski definition) is 1. The summed E-state index contributed by atoms with van der Waals surface area (Å²) in [6.45, 7) is 4.11. The van der Waals surface area contributed by atoms with Crippen LogP contribution in [0.1, 0.15) is 25.3 Å². The molecule has 1 amide bonds. The fourth-order valence-corrected chi connectivity index (χ4v) is 5.95. The van der Waals surface area contributed by atoms with Crippen LogP contribution < -0.4 is 20.3 Å². The maximum absolute atomic E-state index is 13.0. The van der Waals surface area contributed by atoms with Crippen LogP contribution in [0.2, 0.25) is 0 Å². The lowest BCUT2D eigenvalue weighted by atomic mass is 10.2. The number of H-pyrrole nitrogens is 1. The van der Waals surface area contributed by atoms with Crippen molar-refractivity contribution in [1.82, 2.24) is 19.4 Å². The number of nitrogens with zero attached hydrogens (tertiary/aromatic N) is 4. The summed E-state index contributed by atoms with van der Waals surface area (Å²) >= 11 is 0. The highest BCUT2D eigenvalue weighted by Gasteiger charge is 2.24. The highest BCUT2D eigenvalue weighted by atomic mass is 32.2. The smallest absolute Gasteiger partial charge is 0.339 e. The lowest BCUT2D eigenvalue weighted by Crippen LogP contribution is -2.50. The highest BCUT2D eigenvalue weighted by Crippen LogP contribution is 2.26. The van der Waals surface area contributed by atoms with Crippen molar-refractivity contribution in [3.63, 3.8) is 0 Å². The van der Waals surface area contributed by atoms with Gasteiger partial charge in [-0.2, -0.15) is 8.42 Å². The molecule has 3 heterocycles. The Hall–Kier alpha value is -4.45. The second-order valence-electron chi connectivity index (χ2n) is 9.54. The van der Waals surface area contributed by atoms with E-state index in [-0.39, 0.29) is 23.1 Å². The number of fused-ring (bicyclic) bond motifs is 1. The van der Waals surface area contributed by atoms with Crippen LogP contribution in [0.25, 0.3) is 10.8 Å². The number of amides is 1. The van der Waals surface area contributed by atoms with Gasteiger partial charge in [0.15, 0.2) is 0 Å². The Kier molecular flexibility index (Phi) is 7.69. The van der Waals surface area contributed by atoms with Crippen molar-refractivity contribution in [1.29, 1.82) is 0 Å². The van der Waals surface area contributed by atoms with E-state index in [0.717, 1.165) is 6.42 Å². The second-order valence-corrected chi connectivity index (χ2v) is 11.1. The topological polar surface area (TPSA) is 135 Å². The van der Waals surface area contributed by atoms with Gasteiger partial charge in [-0.3, -0.25) is 24.1 Å². The first-order chi connectivity index (χ1) is 19.2. The average molecular weight is 564 g/mol. The Morgan fingerprint density at radius 1 is 1.02 bits per heavy atom. The molecule has 4 aromatic rings. The number of nitrogens with one attached hydrogen (secondary N) is 1. The fraction of sp³-hybridized carbons (Fsp3) is 0.286. The zero-order valence-corrected chi connectivity index (χ0v) is 22.8. The number of hydrogen-bond acceptors (Lipinski definition) is 8. The van der Waals surface area contributed by atoms with Gasteiger partial charge in [-0.05, 0) is 36.2 Å². The molecule has 0 atom stereocenters. The molecule has 2 aromatic carbocycles. The molecule has 40 heavy (non-hydrogen) atoms. The number of carbonyl (C=O) groups excluding carboxylic acids is 1. The predicted molar refractivity (Wildman–Crippen MR) is 150 cm³/mol. The SMILES string of the molecule is CCCC(=O)N1CCN(c2cc(=O)[nH]c(=O)n2Cc2ccc(OS(=O)(=O)c3cccc4cnccc34)cc2)CC1. The zero-order chi connectivity index (χ0) is 28.3. The molecule has 1 aliphatic rings. The Morgan fingerprint density at radius 2 is 1.77 bits per heavy atom. The van der Waals surface area contributed by atoms with Gasteiger partial charge in [-0.25, -0.2) is 4.79 Å². The molecule has 0 unspecified atom stereocenters. The van der Waals surface area contributed by atoms with E-state index in [1.165, 1.54) is 35.0 Å². The summed E-state index contributed by atoms with van der Waals surface area (Å²) in [6, 6.07) is 14.3. The first kappa shape index (κ1) is 27.1. The Balaban J connectivity index is 1.34. The van der Waals surface area contributed by atoms with Crippen LogP contribution in [0.3, 0.4) is 0 Å². The van der Waals surface area contributed by atoms with Crippen LogP contribution in [-0.2, 0) is 21.5 Å². The van der Waals surface area contributed by atoms with Gasteiger partial charge in [0.2, 0.25) is 5.91 Å². The van der Waals surface area contributed by atoms with E-state index in [2.05, 4.69) is 9.97 Å². The monoisotopic (exact) mass is 563 g/mol. The van der Waals surface area contributed by atoms with Crippen LogP contribution in [-0.4, -0.2) is 59.9 Å². The molecule has 208 valence electrons. The largest absolute Gasteiger partial charge is 0.379 e. The van der Waals surface area contributed by atoms with Gasteiger partial charge in [0.05, 0.1) is 6.54 Å². The van der Waals surface area contributed by atoms with Gasteiger partial charge < -0.3 is 14.0 Å². The van der Waals surface area contributed by atoms with Crippen molar-refractivity contribution in [2.45, 2.75) is 31.2 Å². The van der Waals surface area contributed by atoms with Crippen LogP contribution in [0.5, 0.6) is 5.75 Å². The normalized spacial score (nSPS) is 13.9. The predicted octanol–water partition coefficient (Wildman–Crippen LogP) is 2.35. The van der Waals surface area contributed by atoms with Gasteiger partial charge in [0.1, 0.15) is 16.5 Å². The maximum Gasteiger partial charge on any atom is 0.339 e. The summed E-state index contributed by atoms with van der Waals surface area (Å²) in [5.41, 5.74) is -0.354. The number of carbonyl (C=O) groups is 1. The molecule has 2 aromatic heterocycles. The molecule has 1 N–H and O–H groups in total. The number of aromatic nitrogens is 3.